The lowest BCUT2D eigenvalue weighted by atomic mass is 10.0. The predicted octanol–water partition coefficient (Wildman–Crippen LogP) is 16.4. The molecule has 0 aliphatic carbocycles. The third kappa shape index (κ3) is 10.2. The lowest BCUT2D eigenvalue weighted by Gasteiger charge is -2.15. The Morgan fingerprint density at radius 1 is 0.500 bits per heavy atom. The molecule has 7 rings (SSSR count). The van der Waals surface area contributed by atoms with Crippen molar-refractivity contribution >= 4 is 114 Å². The molecule has 328 valence electrons. The summed E-state index contributed by atoms with van der Waals surface area (Å²) in [6.45, 7) is 4.00. The number of amides is 2. The number of carbonyl (C=O) groups excluding carboxylic acids is 2. The zero-order chi connectivity index (χ0) is 46.7. The van der Waals surface area contributed by atoms with Crippen LogP contribution >= 0.6 is 46.4 Å². The van der Waals surface area contributed by atoms with Crippen molar-refractivity contribution < 1.29 is 46.1 Å². The summed E-state index contributed by atoms with van der Waals surface area (Å²) < 4.78 is 80.2. The van der Waals surface area contributed by atoms with Gasteiger partial charge in [-0.05, 0) is 71.4 Å². The van der Waals surface area contributed by atoms with Crippen LogP contribution in [0, 0.1) is 0 Å². The zero-order valence-electron chi connectivity index (χ0n) is 32.7. The molecule has 0 radical (unpaired) electrons. The van der Waals surface area contributed by atoms with Crippen LogP contribution in [0.1, 0.15) is 45.7 Å². The molecule has 10 nitrogen and oxygen atoms in total. The molecule has 2 amide bonds. The van der Waals surface area contributed by atoms with Gasteiger partial charge < -0.3 is 20.8 Å². The van der Waals surface area contributed by atoms with E-state index in [0.717, 1.165) is 24.3 Å². The fourth-order valence-electron chi connectivity index (χ4n) is 6.04. The highest BCUT2D eigenvalue weighted by molar-refractivity contribution is 6.38. The first-order valence-corrected chi connectivity index (χ1v) is 20.0. The Morgan fingerprint density at radius 2 is 0.859 bits per heavy atom. The Balaban J connectivity index is 0.00000335. The number of nitrogens with one attached hydrogen (secondary N) is 2. The van der Waals surface area contributed by atoms with E-state index in [1.165, 1.54) is 24.3 Å². The van der Waals surface area contributed by atoms with E-state index in [9.17, 15) is 46.1 Å². The molecule has 0 bridgehead atoms. The highest BCUT2D eigenvalue weighted by Gasteiger charge is 2.32. The number of halogens is 10. The molecular formula is C44H28Cl4F6N6O4. The summed E-state index contributed by atoms with van der Waals surface area (Å²) in [5.74, 6) is -3.23. The normalized spacial score (nSPS) is 11.9. The van der Waals surface area contributed by atoms with Crippen LogP contribution in [0.3, 0.4) is 0 Å². The summed E-state index contributed by atoms with van der Waals surface area (Å²) >= 11 is 25.2. The molecule has 0 spiro atoms. The Labute approximate surface area is 378 Å². The van der Waals surface area contributed by atoms with Crippen molar-refractivity contribution in [1.29, 1.82) is 0 Å². The molecule has 4 N–H and O–H groups in total. The smallest absolute Gasteiger partial charge is 0.416 e. The van der Waals surface area contributed by atoms with E-state index < -0.39 is 46.8 Å². The molecule has 7 aromatic carbocycles. The van der Waals surface area contributed by atoms with Crippen molar-refractivity contribution in [2.75, 3.05) is 10.6 Å². The van der Waals surface area contributed by atoms with Crippen molar-refractivity contribution in [3.8, 4) is 11.5 Å². The van der Waals surface area contributed by atoms with Crippen molar-refractivity contribution in [1.82, 2.24) is 0 Å². The average molecular weight is 961 g/mol. The molecule has 0 unspecified atom stereocenters. The highest BCUT2D eigenvalue weighted by Crippen LogP contribution is 2.44. The number of aromatic hydroxyl groups is 2. The molecule has 0 atom stereocenters. The maximum atomic E-state index is 13.7. The van der Waals surface area contributed by atoms with Crippen LogP contribution < -0.4 is 10.6 Å². The summed E-state index contributed by atoms with van der Waals surface area (Å²) in [5, 5.41) is 44.0. The van der Waals surface area contributed by atoms with Crippen molar-refractivity contribution in [2.24, 2.45) is 20.5 Å². The summed E-state index contributed by atoms with van der Waals surface area (Å²) in [7, 11) is 0. The van der Waals surface area contributed by atoms with Gasteiger partial charge in [0.15, 0.2) is 11.5 Å². The van der Waals surface area contributed by atoms with Crippen LogP contribution in [0.5, 0.6) is 11.5 Å². The van der Waals surface area contributed by atoms with Gasteiger partial charge >= 0.3 is 12.4 Å². The van der Waals surface area contributed by atoms with Crippen molar-refractivity contribution in [3.05, 3.63) is 152 Å². The summed E-state index contributed by atoms with van der Waals surface area (Å²) in [6.07, 6.45) is -9.40. The number of rotatable bonds is 8. The van der Waals surface area contributed by atoms with Crippen LogP contribution in [0.15, 0.2) is 130 Å². The van der Waals surface area contributed by atoms with Crippen LogP contribution in [0.4, 0.5) is 60.5 Å². The molecule has 0 saturated heterocycles. The average Bonchev–Trinajstić information content (AvgIpc) is 3.25. The number of carbonyl (C=O) groups is 2. The Hall–Kier alpha value is -6.46. The van der Waals surface area contributed by atoms with Crippen molar-refractivity contribution in [3.63, 3.8) is 0 Å². The van der Waals surface area contributed by atoms with Gasteiger partial charge in [-0.25, -0.2) is 0 Å². The molecule has 0 aliphatic rings. The summed E-state index contributed by atoms with van der Waals surface area (Å²) in [5.41, 5.74) is -4.15. The van der Waals surface area contributed by atoms with Crippen molar-refractivity contribution in [2.45, 2.75) is 26.2 Å². The van der Waals surface area contributed by atoms with E-state index in [4.69, 9.17) is 46.4 Å². The predicted molar refractivity (Wildman–Crippen MR) is 236 cm³/mol. The number of nitrogens with zero attached hydrogens (tertiary/aromatic N) is 4. The molecular weight excluding hydrogens is 932 g/mol. The fraction of sp³-hybridized carbons (Fsp3) is 0.0909. The first-order valence-electron chi connectivity index (χ1n) is 18.5. The number of hydrogen-bond donors (Lipinski definition) is 4. The number of fused-ring (bicyclic) bond motifs is 2. The topological polar surface area (TPSA) is 148 Å². The maximum absolute atomic E-state index is 13.7. The van der Waals surface area contributed by atoms with Crippen LogP contribution in [-0.4, -0.2) is 22.0 Å². The van der Waals surface area contributed by atoms with E-state index in [1.807, 2.05) is 13.8 Å². The molecule has 64 heavy (non-hydrogen) atoms. The molecule has 20 heteroatoms. The fourth-order valence-corrected chi connectivity index (χ4v) is 6.77. The van der Waals surface area contributed by atoms with Gasteiger partial charge in [-0.2, -0.15) is 26.3 Å². The number of phenols is 2. The van der Waals surface area contributed by atoms with E-state index >= 15 is 0 Å². The Morgan fingerprint density at radius 3 is 1.22 bits per heavy atom. The first kappa shape index (κ1) is 47.0. The van der Waals surface area contributed by atoms with E-state index in [2.05, 4.69) is 31.1 Å². The van der Waals surface area contributed by atoms with Gasteiger partial charge in [0.2, 0.25) is 0 Å². The Kier molecular flexibility index (Phi) is 14.0. The minimum atomic E-state index is -4.70. The Bertz CT molecular complexity index is 2830. The van der Waals surface area contributed by atoms with Crippen LogP contribution in [-0.2, 0) is 12.4 Å². The van der Waals surface area contributed by atoms with Gasteiger partial charge in [-0.15, -0.1) is 20.5 Å². The summed E-state index contributed by atoms with van der Waals surface area (Å²) in [6, 6.07) is 22.7. The molecule has 7 aromatic rings. The molecule has 0 aromatic heterocycles. The minimum absolute atomic E-state index is 0.0874. The first-order chi connectivity index (χ1) is 30.3. The SMILES string of the molecule is CC.O=C(Nc1cc(Cl)c(NC(=O)c2cc3ccccc3c(N=Nc3cc(C(F)(F)F)ccc3Cl)c2O)cc1Cl)c1cc2ccccc2c(N=Nc2cc(C(F)(F)F)ccc2Cl)c1O. The number of phenolic OH excluding ortho intramolecular Hbond substituents is 2. The van der Waals surface area contributed by atoms with Gasteiger partial charge in [0.05, 0.1) is 53.7 Å². The molecule has 0 heterocycles. The van der Waals surface area contributed by atoms with Gasteiger partial charge in [0.25, 0.3) is 11.8 Å². The summed E-state index contributed by atoms with van der Waals surface area (Å²) in [4.78, 5) is 27.3. The lowest BCUT2D eigenvalue weighted by Crippen LogP contribution is -2.14. The lowest BCUT2D eigenvalue weighted by molar-refractivity contribution is -0.138. The van der Waals surface area contributed by atoms with Gasteiger partial charge in [0.1, 0.15) is 22.7 Å². The zero-order valence-corrected chi connectivity index (χ0v) is 35.7. The number of hydrogen-bond acceptors (Lipinski definition) is 8. The molecule has 0 saturated carbocycles. The van der Waals surface area contributed by atoms with E-state index in [1.54, 1.807) is 48.5 Å². The second-order valence-electron chi connectivity index (χ2n) is 13.1. The molecule has 0 aliphatic heterocycles. The largest absolute Gasteiger partial charge is 0.505 e. The number of benzene rings is 7. The number of alkyl halides is 6. The second-order valence-corrected chi connectivity index (χ2v) is 14.8. The van der Waals surface area contributed by atoms with E-state index in [-0.39, 0.29) is 65.3 Å². The van der Waals surface area contributed by atoms with Gasteiger partial charge in [0, 0.05) is 10.8 Å². The molecule has 0 fully saturated rings. The highest BCUT2D eigenvalue weighted by atomic mass is 35.5. The third-order valence-corrected chi connectivity index (χ3v) is 10.4. The van der Waals surface area contributed by atoms with Gasteiger partial charge in [-0.3, -0.25) is 9.59 Å². The van der Waals surface area contributed by atoms with Crippen LogP contribution in [0.25, 0.3) is 21.5 Å². The minimum Gasteiger partial charge on any atom is -0.505 e. The maximum Gasteiger partial charge on any atom is 0.416 e. The third-order valence-electron chi connectivity index (χ3n) is 9.10. The second kappa shape index (κ2) is 19.1. The quantitative estimate of drug-likeness (QED) is 0.0886. The standard InChI is InChI=1S/C42H22Cl4F6N6O4.C2H6/c43-27-11-9-21(41(47,48)49)15-33(27)55-57-35-23-7-3-1-5-19(23)13-25(37(35)59)39(61)53-31-17-30(46)32(18-29(31)45)54-40(62)26-14-20-6-2-4-8-24(20)36(38(26)60)58-56-34-16-22(42(50,51)52)10-12-28(34)44;1-2/h1-18,59-60H,(H,53,61)(H,54,62);1-2H3. The van der Waals surface area contributed by atoms with Gasteiger partial charge in [-0.1, -0.05) is 109 Å². The monoisotopic (exact) mass is 958 g/mol. The van der Waals surface area contributed by atoms with Crippen LogP contribution in [0.2, 0.25) is 20.1 Å². The number of azo groups is 2. The number of anilines is 2. The van der Waals surface area contributed by atoms with E-state index in [0.29, 0.717) is 33.7 Å².